The third kappa shape index (κ3) is 3.26. The van der Waals surface area contributed by atoms with E-state index in [0.717, 1.165) is 0 Å². The van der Waals surface area contributed by atoms with Crippen molar-refractivity contribution in [2.45, 2.75) is 26.7 Å². The molecule has 2 aromatic carbocycles. The molecule has 1 aliphatic heterocycles. The number of imide groups is 1. The van der Waals surface area contributed by atoms with Crippen molar-refractivity contribution in [2.75, 3.05) is 4.90 Å². The molecule has 2 amide bonds. The molecule has 5 heteroatoms. The van der Waals surface area contributed by atoms with Gasteiger partial charge in [-0.15, -0.1) is 0 Å². The number of benzene rings is 2. The summed E-state index contributed by atoms with van der Waals surface area (Å²) in [7, 11) is 0. The van der Waals surface area contributed by atoms with E-state index < -0.39 is 0 Å². The minimum Gasteiger partial charge on any atom is -0.457 e. The average Bonchev–Trinajstić information content (AvgIpc) is 2.89. The highest BCUT2D eigenvalue weighted by atomic mass is 35.5. The molecule has 4 rings (SSSR count). The van der Waals surface area contributed by atoms with Crippen LogP contribution in [0.1, 0.15) is 26.7 Å². The van der Waals surface area contributed by atoms with Gasteiger partial charge in [0.2, 0.25) is 11.8 Å². The van der Waals surface area contributed by atoms with Crippen LogP contribution in [0.4, 0.5) is 5.69 Å². The predicted molar refractivity (Wildman–Crippen MR) is 105 cm³/mol. The number of ether oxygens (including phenoxy) is 1. The molecule has 0 spiro atoms. The second-order valence-electron chi connectivity index (χ2n) is 7.24. The van der Waals surface area contributed by atoms with Crippen molar-refractivity contribution in [2.24, 2.45) is 11.8 Å². The van der Waals surface area contributed by atoms with E-state index in [0.29, 0.717) is 35.1 Å². The van der Waals surface area contributed by atoms with Crippen LogP contribution >= 0.6 is 11.6 Å². The van der Waals surface area contributed by atoms with Gasteiger partial charge in [-0.2, -0.15) is 0 Å². The number of fused-ring (bicyclic) bond motifs is 1. The first-order chi connectivity index (χ1) is 12.9. The summed E-state index contributed by atoms with van der Waals surface area (Å²) in [4.78, 5) is 27.0. The van der Waals surface area contributed by atoms with Crippen LogP contribution in [-0.4, -0.2) is 11.8 Å². The molecule has 138 valence electrons. The molecule has 4 nitrogen and oxygen atoms in total. The zero-order valence-electron chi connectivity index (χ0n) is 15.2. The van der Waals surface area contributed by atoms with Gasteiger partial charge in [-0.3, -0.25) is 14.5 Å². The lowest BCUT2D eigenvalue weighted by Crippen LogP contribution is -2.30. The van der Waals surface area contributed by atoms with Crippen molar-refractivity contribution in [3.63, 3.8) is 0 Å². The van der Waals surface area contributed by atoms with Gasteiger partial charge in [0.1, 0.15) is 11.5 Å². The Morgan fingerprint density at radius 1 is 0.815 bits per heavy atom. The Balaban J connectivity index is 1.53. The predicted octanol–water partition coefficient (Wildman–Crippen LogP) is 5.37. The molecule has 27 heavy (non-hydrogen) atoms. The number of anilines is 1. The van der Waals surface area contributed by atoms with Gasteiger partial charge in [-0.25, -0.2) is 0 Å². The Bertz CT molecular complexity index is 899. The summed E-state index contributed by atoms with van der Waals surface area (Å²) >= 11 is 5.88. The number of allylic oxidation sites excluding steroid dienone is 2. The van der Waals surface area contributed by atoms with Crippen LogP contribution in [-0.2, 0) is 9.59 Å². The fraction of sp³-hybridized carbons (Fsp3) is 0.273. The fourth-order valence-electron chi connectivity index (χ4n) is 3.81. The quantitative estimate of drug-likeness (QED) is 0.530. The van der Waals surface area contributed by atoms with Crippen molar-refractivity contribution in [1.29, 1.82) is 0 Å². The van der Waals surface area contributed by atoms with Gasteiger partial charge in [0.25, 0.3) is 0 Å². The second kappa shape index (κ2) is 6.86. The van der Waals surface area contributed by atoms with Crippen LogP contribution in [0.2, 0.25) is 5.02 Å². The van der Waals surface area contributed by atoms with Gasteiger partial charge in [0.15, 0.2) is 0 Å². The van der Waals surface area contributed by atoms with E-state index in [1.54, 1.807) is 48.5 Å². The molecule has 0 aromatic heterocycles. The van der Waals surface area contributed by atoms with E-state index in [1.165, 1.54) is 16.0 Å². The number of hydrogen-bond acceptors (Lipinski definition) is 3. The molecular formula is C22H20ClNO3. The van der Waals surface area contributed by atoms with E-state index in [2.05, 4.69) is 13.8 Å². The van der Waals surface area contributed by atoms with Crippen LogP contribution in [0.5, 0.6) is 11.5 Å². The maximum absolute atomic E-state index is 12.8. The van der Waals surface area contributed by atoms with Gasteiger partial charge in [0.05, 0.1) is 17.5 Å². The highest BCUT2D eigenvalue weighted by Crippen LogP contribution is 2.42. The van der Waals surface area contributed by atoms with Crippen molar-refractivity contribution < 1.29 is 14.3 Å². The van der Waals surface area contributed by atoms with Gasteiger partial charge in [0, 0.05) is 5.02 Å². The number of carbonyl (C=O) groups excluding carboxylic acids is 2. The zero-order valence-corrected chi connectivity index (χ0v) is 16.0. The lowest BCUT2D eigenvalue weighted by atomic mass is 9.78. The third-order valence-corrected chi connectivity index (χ3v) is 5.74. The van der Waals surface area contributed by atoms with Crippen molar-refractivity contribution >= 4 is 29.1 Å². The summed E-state index contributed by atoms with van der Waals surface area (Å²) in [6.07, 6.45) is 1.35. The van der Waals surface area contributed by atoms with Gasteiger partial charge >= 0.3 is 0 Å². The summed E-state index contributed by atoms with van der Waals surface area (Å²) in [6, 6.07) is 14.1. The topological polar surface area (TPSA) is 46.6 Å². The number of amides is 2. The maximum Gasteiger partial charge on any atom is 0.238 e. The number of halogens is 1. The van der Waals surface area contributed by atoms with Crippen molar-refractivity contribution in [1.82, 2.24) is 0 Å². The molecule has 0 bridgehead atoms. The van der Waals surface area contributed by atoms with E-state index in [1.807, 2.05) is 0 Å². The normalized spacial score (nSPS) is 22.3. The molecule has 1 aliphatic carbocycles. The lowest BCUT2D eigenvalue weighted by Gasteiger charge is -2.23. The van der Waals surface area contributed by atoms with E-state index in [4.69, 9.17) is 16.3 Å². The number of rotatable bonds is 3. The monoisotopic (exact) mass is 381 g/mol. The summed E-state index contributed by atoms with van der Waals surface area (Å²) in [5.74, 6) is 0.651. The summed E-state index contributed by atoms with van der Waals surface area (Å²) in [6.45, 7) is 4.10. The average molecular weight is 382 g/mol. The Morgan fingerprint density at radius 2 is 1.26 bits per heavy atom. The van der Waals surface area contributed by atoms with Crippen molar-refractivity contribution in [3.8, 4) is 11.5 Å². The van der Waals surface area contributed by atoms with Crippen LogP contribution in [0.25, 0.3) is 0 Å². The molecule has 1 saturated heterocycles. The summed E-state index contributed by atoms with van der Waals surface area (Å²) < 4.78 is 5.77. The van der Waals surface area contributed by atoms with Crippen LogP contribution in [0.3, 0.4) is 0 Å². The van der Waals surface area contributed by atoms with E-state index in [9.17, 15) is 9.59 Å². The minimum atomic E-state index is -0.230. The first-order valence-electron chi connectivity index (χ1n) is 9.00. The Hall–Kier alpha value is -2.59. The molecule has 2 aliphatic rings. The third-order valence-electron chi connectivity index (χ3n) is 5.49. The first-order valence-corrected chi connectivity index (χ1v) is 9.38. The number of nitrogens with zero attached hydrogens (tertiary/aromatic N) is 1. The summed E-state index contributed by atoms with van der Waals surface area (Å²) in [5, 5.41) is 0.644. The second-order valence-corrected chi connectivity index (χ2v) is 7.68. The van der Waals surface area contributed by atoms with Crippen LogP contribution in [0, 0.1) is 11.8 Å². The van der Waals surface area contributed by atoms with Gasteiger partial charge in [-0.1, -0.05) is 22.7 Å². The molecule has 2 atom stereocenters. The van der Waals surface area contributed by atoms with Crippen molar-refractivity contribution in [3.05, 3.63) is 64.7 Å². The molecule has 1 heterocycles. The first kappa shape index (κ1) is 17.8. The van der Waals surface area contributed by atoms with Crippen LogP contribution in [0.15, 0.2) is 59.7 Å². The molecule has 0 saturated carbocycles. The van der Waals surface area contributed by atoms with Crippen LogP contribution < -0.4 is 9.64 Å². The van der Waals surface area contributed by atoms with E-state index >= 15 is 0 Å². The van der Waals surface area contributed by atoms with Gasteiger partial charge in [-0.05, 0) is 75.2 Å². The molecular weight excluding hydrogens is 362 g/mol. The molecule has 2 aromatic rings. The standard InChI is InChI=1S/C22H20ClNO3/c1-13-11-19-20(12-14(13)2)22(26)24(21(19)25)16-5-9-18(10-6-16)27-17-7-3-15(23)4-8-17/h3-10,19-20H,11-12H2,1-2H3/t19-,20-/m0/s1. The smallest absolute Gasteiger partial charge is 0.238 e. The molecule has 0 N–H and O–H groups in total. The minimum absolute atomic E-state index is 0.0942. The molecule has 1 fully saturated rings. The SMILES string of the molecule is CC1=C(C)C[C@@H]2C(=O)N(c3ccc(Oc4ccc(Cl)cc4)cc3)C(=O)[C@H]2C1. The summed E-state index contributed by atoms with van der Waals surface area (Å²) in [5.41, 5.74) is 3.05. The molecule has 0 unspecified atom stereocenters. The fourth-order valence-corrected chi connectivity index (χ4v) is 3.93. The van der Waals surface area contributed by atoms with Gasteiger partial charge < -0.3 is 4.74 Å². The largest absolute Gasteiger partial charge is 0.457 e. The highest BCUT2D eigenvalue weighted by Gasteiger charge is 2.49. The lowest BCUT2D eigenvalue weighted by molar-refractivity contribution is -0.122. The molecule has 0 radical (unpaired) electrons. The maximum atomic E-state index is 12.8. The van der Waals surface area contributed by atoms with E-state index in [-0.39, 0.29) is 23.7 Å². The Labute approximate surface area is 163 Å². The highest BCUT2D eigenvalue weighted by molar-refractivity contribution is 6.30. The number of carbonyl (C=O) groups is 2. The Morgan fingerprint density at radius 3 is 1.74 bits per heavy atom. The number of hydrogen-bond donors (Lipinski definition) is 0. The Kier molecular flexibility index (Phi) is 4.52. The zero-order chi connectivity index (χ0) is 19.1.